The van der Waals surface area contributed by atoms with Crippen LogP contribution in [-0.2, 0) is 20.8 Å². The Kier molecular flexibility index (Phi) is 10.1. The number of nitrogens with zero attached hydrogens (tertiary/aromatic N) is 1. The minimum Gasteiger partial charge on any atom is -0.445 e. The van der Waals surface area contributed by atoms with E-state index in [4.69, 9.17) is 19.3 Å². The van der Waals surface area contributed by atoms with E-state index in [9.17, 15) is 4.79 Å². The van der Waals surface area contributed by atoms with Gasteiger partial charge < -0.3 is 29.5 Å². The second-order valence-electron chi connectivity index (χ2n) is 6.86. The molecule has 1 aliphatic heterocycles. The molecule has 2 unspecified atom stereocenters. The van der Waals surface area contributed by atoms with Crippen molar-refractivity contribution < 1.29 is 24.1 Å². The molecule has 7 heteroatoms. The maximum atomic E-state index is 12.2. The Hall–Kier alpha value is -1.67. The summed E-state index contributed by atoms with van der Waals surface area (Å²) in [6.45, 7) is 4.15. The Balaban J connectivity index is 1.69. The van der Waals surface area contributed by atoms with Gasteiger partial charge in [-0.15, -0.1) is 0 Å². The molecule has 0 bridgehead atoms. The van der Waals surface area contributed by atoms with Crippen molar-refractivity contribution in [1.29, 1.82) is 0 Å². The van der Waals surface area contributed by atoms with Gasteiger partial charge in [-0.05, 0) is 37.9 Å². The summed E-state index contributed by atoms with van der Waals surface area (Å²) in [6, 6.07) is 9.77. The first-order chi connectivity index (χ1) is 13.2. The molecule has 0 aromatic heterocycles. The maximum absolute atomic E-state index is 12.2. The summed E-state index contributed by atoms with van der Waals surface area (Å²) in [6.07, 6.45) is 1.41. The van der Waals surface area contributed by atoms with E-state index in [-0.39, 0.29) is 25.3 Å². The van der Waals surface area contributed by atoms with E-state index in [1.165, 1.54) is 0 Å². The number of rotatable bonds is 11. The summed E-state index contributed by atoms with van der Waals surface area (Å²) in [4.78, 5) is 14.5. The zero-order valence-electron chi connectivity index (χ0n) is 16.1. The van der Waals surface area contributed by atoms with Gasteiger partial charge in [-0.25, -0.2) is 4.79 Å². The van der Waals surface area contributed by atoms with Gasteiger partial charge in [0.1, 0.15) is 6.61 Å². The maximum Gasteiger partial charge on any atom is 0.407 e. The van der Waals surface area contributed by atoms with Crippen LogP contribution < -0.4 is 5.32 Å². The van der Waals surface area contributed by atoms with Crippen molar-refractivity contribution in [2.45, 2.75) is 25.5 Å². The van der Waals surface area contributed by atoms with Gasteiger partial charge in [0.25, 0.3) is 0 Å². The van der Waals surface area contributed by atoms with E-state index in [1.807, 2.05) is 30.3 Å². The van der Waals surface area contributed by atoms with Crippen LogP contribution in [0.15, 0.2) is 30.3 Å². The topological polar surface area (TPSA) is 80.3 Å². The molecule has 152 valence electrons. The van der Waals surface area contributed by atoms with Crippen LogP contribution in [0.5, 0.6) is 0 Å². The van der Waals surface area contributed by atoms with Crippen LogP contribution in [0, 0.1) is 5.92 Å². The number of benzene rings is 1. The lowest BCUT2D eigenvalue weighted by molar-refractivity contribution is 0.0241. The van der Waals surface area contributed by atoms with Crippen LogP contribution in [0.4, 0.5) is 4.79 Å². The number of piperidine rings is 1. The molecule has 0 aliphatic carbocycles. The molecule has 0 radical (unpaired) electrons. The molecule has 1 heterocycles. The smallest absolute Gasteiger partial charge is 0.407 e. The second-order valence-corrected chi connectivity index (χ2v) is 6.86. The van der Waals surface area contributed by atoms with Gasteiger partial charge >= 0.3 is 6.09 Å². The molecule has 2 N–H and O–H groups in total. The largest absolute Gasteiger partial charge is 0.445 e. The Morgan fingerprint density at radius 2 is 1.93 bits per heavy atom. The molecule has 1 aromatic carbocycles. The van der Waals surface area contributed by atoms with Crippen LogP contribution in [0.1, 0.15) is 18.4 Å². The Bertz CT molecular complexity index is 528. The summed E-state index contributed by atoms with van der Waals surface area (Å²) < 4.78 is 16.1. The van der Waals surface area contributed by atoms with Gasteiger partial charge in [-0.3, -0.25) is 0 Å². The molecular weight excluding hydrogens is 348 g/mol. The molecular formula is C20H32N2O5. The predicted molar refractivity (Wildman–Crippen MR) is 102 cm³/mol. The molecule has 1 aliphatic rings. The standard InChI is InChI=1S/C20H32N2O5/c1-22-9-7-19(18(15-22)8-11-25-13-14-26-12-10-23)21-20(24)27-16-17-5-3-2-4-6-17/h2-6,18-19,23H,7-16H2,1H3,(H,21,24). The summed E-state index contributed by atoms with van der Waals surface area (Å²) in [7, 11) is 2.10. The van der Waals surface area contributed by atoms with Crippen LogP contribution >= 0.6 is 0 Å². The van der Waals surface area contributed by atoms with Crippen LogP contribution in [0.2, 0.25) is 0 Å². The van der Waals surface area contributed by atoms with E-state index in [0.717, 1.165) is 31.5 Å². The first kappa shape index (κ1) is 21.6. The van der Waals surface area contributed by atoms with Crippen LogP contribution in [0.25, 0.3) is 0 Å². The number of aliphatic hydroxyl groups excluding tert-OH is 1. The number of likely N-dealkylation sites (tertiary alicyclic amines) is 1. The highest BCUT2D eigenvalue weighted by Gasteiger charge is 2.29. The van der Waals surface area contributed by atoms with E-state index < -0.39 is 0 Å². The minimum absolute atomic E-state index is 0.0299. The number of nitrogens with one attached hydrogen (secondary N) is 1. The van der Waals surface area contributed by atoms with Crippen molar-refractivity contribution in [2.24, 2.45) is 5.92 Å². The SMILES string of the molecule is CN1CCC(NC(=O)OCc2ccccc2)C(CCOCCOCCO)C1. The molecule has 0 spiro atoms. The first-order valence-electron chi connectivity index (χ1n) is 9.61. The van der Waals surface area contributed by atoms with Crippen molar-refractivity contribution in [3.05, 3.63) is 35.9 Å². The van der Waals surface area contributed by atoms with Crippen LogP contribution in [-0.4, -0.2) is 75.3 Å². The number of aliphatic hydroxyl groups is 1. The van der Waals surface area contributed by atoms with Crippen molar-refractivity contribution >= 4 is 6.09 Å². The Morgan fingerprint density at radius 1 is 1.19 bits per heavy atom. The number of alkyl carbamates (subject to hydrolysis) is 1. The summed E-state index contributed by atoms with van der Waals surface area (Å²) in [5.74, 6) is 0.325. The third-order valence-electron chi connectivity index (χ3n) is 4.69. The molecule has 2 rings (SSSR count). The van der Waals surface area contributed by atoms with Gasteiger partial charge in [0.05, 0.1) is 26.4 Å². The van der Waals surface area contributed by atoms with Gasteiger partial charge in [0.2, 0.25) is 0 Å². The highest BCUT2D eigenvalue weighted by molar-refractivity contribution is 5.67. The first-order valence-corrected chi connectivity index (χ1v) is 9.61. The number of amides is 1. The number of hydrogen-bond acceptors (Lipinski definition) is 6. The lowest BCUT2D eigenvalue weighted by Crippen LogP contribution is -2.50. The highest BCUT2D eigenvalue weighted by Crippen LogP contribution is 2.20. The molecule has 1 fully saturated rings. The molecule has 2 atom stereocenters. The third kappa shape index (κ3) is 8.71. The molecule has 1 amide bonds. The molecule has 27 heavy (non-hydrogen) atoms. The fourth-order valence-corrected chi connectivity index (χ4v) is 3.23. The predicted octanol–water partition coefficient (Wildman–Crippen LogP) is 1.65. The second kappa shape index (κ2) is 12.7. The van der Waals surface area contributed by atoms with E-state index in [1.54, 1.807) is 0 Å². The van der Waals surface area contributed by atoms with Gasteiger partial charge in [0.15, 0.2) is 0 Å². The number of carbonyl (C=O) groups is 1. The van der Waals surface area contributed by atoms with Gasteiger partial charge in [-0.2, -0.15) is 0 Å². The van der Waals surface area contributed by atoms with E-state index in [2.05, 4.69) is 17.3 Å². The third-order valence-corrected chi connectivity index (χ3v) is 4.69. The number of carbonyl (C=O) groups excluding carboxylic acids is 1. The van der Waals surface area contributed by atoms with Gasteiger partial charge in [0, 0.05) is 19.2 Å². The molecule has 1 saturated heterocycles. The van der Waals surface area contributed by atoms with Crippen molar-refractivity contribution in [3.63, 3.8) is 0 Å². The van der Waals surface area contributed by atoms with Gasteiger partial charge in [-0.1, -0.05) is 30.3 Å². The van der Waals surface area contributed by atoms with E-state index in [0.29, 0.717) is 32.3 Å². The normalized spacial score (nSPS) is 20.4. The van der Waals surface area contributed by atoms with Crippen molar-refractivity contribution in [3.8, 4) is 0 Å². The summed E-state index contributed by atoms with van der Waals surface area (Å²) in [5, 5.41) is 11.7. The average molecular weight is 380 g/mol. The number of hydrogen-bond donors (Lipinski definition) is 2. The lowest BCUT2D eigenvalue weighted by Gasteiger charge is -2.37. The van der Waals surface area contributed by atoms with Crippen molar-refractivity contribution in [1.82, 2.24) is 10.2 Å². The monoisotopic (exact) mass is 380 g/mol. The average Bonchev–Trinajstić information content (AvgIpc) is 2.68. The zero-order chi connectivity index (χ0) is 19.3. The lowest BCUT2D eigenvalue weighted by atomic mass is 9.90. The fraction of sp³-hybridized carbons (Fsp3) is 0.650. The molecule has 1 aromatic rings. The Labute approximate surface area is 161 Å². The quantitative estimate of drug-likeness (QED) is 0.568. The molecule has 0 saturated carbocycles. The molecule has 7 nitrogen and oxygen atoms in total. The zero-order valence-corrected chi connectivity index (χ0v) is 16.1. The number of ether oxygens (including phenoxy) is 3. The summed E-state index contributed by atoms with van der Waals surface area (Å²) in [5.41, 5.74) is 0.976. The van der Waals surface area contributed by atoms with Crippen molar-refractivity contribution in [2.75, 3.05) is 53.2 Å². The minimum atomic E-state index is -0.364. The van der Waals surface area contributed by atoms with Crippen LogP contribution in [0.3, 0.4) is 0 Å². The highest BCUT2D eigenvalue weighted by atomic mass is 16.5. The van der Waals surface area contributed by atoms with E-state index >= 15 is 0 Å². The summed E-state index contributed by atoms with van der Waals surface area (Å²) >= 11 is 0. The Morgan fingerprint density at radius 3 is 2.67 bits per heavy atom. The fourth-order valence-electron chi connectivity index (χ4n) is 3.23.